The molecule has 1 aromatic carbocycles. The molecular weight excluding hydrogens is 290 g/mol. The first-order chi connectivity index (χ1) is 10.1. The SMILES string of the molecule is CCc1nc(S/C(=C\c2ccccc2OC)C(=O)O)n[nH]1. The summed E-state index contributed by atoms with van der Waals surface area (Å²) in [5.74, 6) is 0.300. The molecule has 0 saturated carbocycles. The summed E-state index contributed by atoms with van der Waals surface area (Å²) in [6, 6.07) is 7.21. The molecule has 2 aromatic rings. The summed E-state index contributed by atoms with van der Waals surface area (Å²) in [6.45, 7) is 1.94. The number of nitrogens with one attached hydrogen (secondary N) is 1. The largest absolute Gasteiger partial charge is 0.496 e. The third-order valence-corrected chi connectivity index (χ3v) is 3.56. The van der Waals surface area contributed by atoms with Crippen LogP contribution in [0.3, 0.4) is 0 Å². The van der Waals surface area contributed by atoms with E-state index in [1.54, 1.807) is 25.3 Å². The zero-order valence-electron chi connectivity index (χ0n) is 11.7. The number of benzene rings is 1. The predicted molar refractivity (Wildman–Crippen MR) is 80.2 cm³/mol. The van der Waals surface area contributed by atoms with Gasteiger partial charge in [-0.25, -0.2) is 9.78 Å². The Morgan fingerprint density at radius 3 is 2.86 bits per heavy atom. The Bertz CT molecular complexity index is 667. The second kappa shape index (κ2) is 6.94. The smallest absolute Gasteiger partial charge is 0.342 e. The van der Waals surface area contributed by atoms with Gasteiger partial charge >= 0.3 is 5.97 Å². The topological polar surface area (TPSA) is 88.1 Å². The van der Waals surface area contributed by atoms with E-state index in [-0.39, 0.29) is 4.91 Å². The molecule has 6 nitrogen and oxygen atoms in total. The Hall–Kier alpha value is -2.28. The highest BCUT2D eigenvalue weighted by Crippen LogP contribution is 2.28. The number of carboxylic acid groups (broad SMARTS) is 1. The number of hydrogen-bond acceptors (Lipinski definition) is 5. The van der Waals surface area contributed by atoms with Crippen molar-refractivity contribution in [1.29, 1.82) is 0 Å². The molecule has 0 fully saturated rings. The van der Waals surface area contributed by atoms with Gasteiger partial charge in [-0.1, -0.05) is 25.1 Å². The van der Waals surface area contributed by atoms with E-state index in [9.17, 15) is 9.90 Å². The Morgan fingerprint density at radius 1 is 1.48 bits per heavy atom. The van der Waals surface area contributed by atoms with E-state index in [1.165, 1.54) is 0 Å². The number of nitrogens with zero attached hydrogens (tertiary/aromatic N) is 2. The minimum absolute atomic E-state index is 0.126. The van der Waals surface area contributed by atoms with E-state index in [0.29, 0.717) is 22.9 Å². The van der Waals surface area contributed by atoms with E-state index in [4.69, 9.17) is 4.74 Å². The minimum atomic E-state index is -1.03. The van der Waals surface area contributed by atoms with Crippen LogP contribution < -0.4 is 4.74 Å². The average molecular weight is 305 g/mol. The minimum Gasteiger partial charge on any atom is -0.496 e. The van der Waals surface area contributed by atoms with Crippen LogP contribution in [0.2, 0.25) is 0 Å². The molecule has 0 bridgehead atoms. The highest BCUT2D eigenvalue weighted by Gasteiger charge is 2.14. The summed E-state index contributed by atoms with van der Waals surface area (Å²) in [6.07, 6.45) is 2.26. The second-order valence-electron chi connectivity index (χ2n) is 4.08. The third-order valence-electron chi connectivity index (χ3n) is 2.68. The molecule has 0 spiro atoms. The first-order valence-electron chi connectivity index (χ1n) is 6.31. The average Bonchev–Trinajstić information content (AvgIpc) is 2.94. The van der Waals surface area contributed by atoms with Crippen LogP contribution in [0.4, 0.5) is 0 Å². The van der Waals surface area contributed by atoms with Crippen molar-refractivity contribution < 1.29 is 14.6 Å². The Balaban J connectivity index is 2.30. The highest BCUT2D eigenvalue weighted by atomic mass is 32.2. The van der Waals surface area contributed by atoms with Gasteiger partial charge in [-0.3, -0.25) is 5.10 Å². The molecule has 0 aliphatic carbocycles. The number of para-hydroxylation sites is 1. The lowest BCUT2D eigenvalue weighted by molar-refractivity contribution is -0.131. The molecule has 1 aromatic heterocycles. The number of carbonyl (C=O) groups is 1. The lowest BCUT2D eigenvalue weighted by atomic mass is 10.2. The summed E-state index contributed by atoms with van der Waals surface area (Å²) in [4.78, 5) is 15.7. The number of carboxylic acids is 1. The number of aliphatic carboxylic acids is 1. The molecule has 0 saturated heterocycles. The van der Waals surface area contributed by atoms with Crippen molar-refractivity contribution in [2.75, 3.05) is 7.11 Å². The molecule has 0 radical (unpaired) electrons. The van der Waals surface area contributed by atoms with Crippen LogP contribution in [-0.4, -0.2) is 33.4 Å². The van der Waals surface area contributed by atoms with Crippen molar-refractivity contribution in [3.63, 3.8) is 0 Å². The zero-order chi connectivity index (χ0) is 15.2. The summed E-state index contributed by atoms with van der Waals surface area (Å²) >= 11 is 1.000. The van der Waals surface area contributed by atoms with Crippen LogP contribution in [-0.2, 0) is 11.2 Å². The number of aromatic amines is 1. The Labute approximate surface area is 126 Å². The molecule has 0 amide bonds. The number of rotatable bonds is 6. The predicted octanol–water partition coefficient (Wildman–Crippen LogP) is 2.59. The molecule has 2 rings (SSSR count). The Morgan fingerprint density at radius 2 is 2.24 bits per heavy atom. The lowest BCUT2D eigenvalue weighted by Crippen LogP contribution is -1.98. The van der Waals surface area contributed by atoms with Crippen LogP contribution >= 0.6 is 11.8 Å². The summed E-state index contributed by atoms with van der Waals surface area (Å²) in [7, 11) is 1.54. The van der Waals surface area contributed by atoms with E-state index < -0.39 is 5.97 Å². The van der Waals surface area contributed by atoms with Gasteiger partial charge in [-0.15, -0.1) is 5.10 Å². The van der Waals surface area contributed by atoms with Gasteiger partial charge in [-0.2, -0.15) is 0 Å². The molecule has 21 heavy (non-hydrogen) atoms. The van der Waals surface area contributed by atoms with Crippen molar-refractivity contribution in [1.82, 2.24) is 15.2 Å². The third kappa shape index (κ3) is 3.85. The molecule has 2 N–H and O–H groups in total. The molecule has 0 atom stereocenters. The summed E-state index contributed by atoms with van der Waals surface area (Å²) < 4.78 is 5.21. The molecular formula is C14H15N3O3S. The van der Waals surface area contributed by atoms with Crippen LogP contribution in [0.25, 0.3) is 6.08 Å². The maximum Gasteiger partial charge on any atom is 0.342 e. The van der Waals surface area contributed by atoms with Gasteiger partial charge in [-0.05, 0) is 23.9 Å². The van der Waals surface area contributed by atoms with E-state index >= 15 is 0 Å². The molecule has 0 aliphatic rings. The number of methoxy groups -OCH3 is 1. The number of H-pyrrole nitrogens is 1. The fraction of sp³-hybridized carbons (Fsp3) is 0.214. The van der Waals surface area contributed by atoms with E-state index in [1.807, 2.05) is 19.1 Å². The van der Waals surface area contributed by atoms with Crippen LogP contribution in [0, 0.1) is 0 Å². The second-order valence-corrected chi connectivity index (χ2v) is 5.09. The summed E-state index contributed by atoms with van der Waals surface area (Å²) in [5, 5.41) is 16.5. The fourth-order valence-corrected chi connectivity index (χ4v) is 2.36. The first kappa shape index (κ1) is 15.1. The van der Waals surface area contributed by atoms with Crippen molar-refractivity contribution in [2.24, 2.45) is 0 Å². The van der Waals surface area contributed by atoms with Crippen LogP contribution in [0.5, 0.6) is 5.75 Å². The maximum atomic E-state index is 11.4. The monoisotopic (exact) mass is 305 g/mol. The number of ether oxygens (including phenoxy) is 1. The van der Waals surface area contributed by atoms with E-state index in [0.717, 1.165) is 17.6 Å². The molecule has 0 unspecified atom stereocenters. The quantitative estimate of drug-likeness (QED) is 0.630. The summed E-state index contributed by atoms with van der Waals surface area (Å²) in [5.41, 5.74) is 0.691. The van der Waals surface area contributed by atoms with Gasteiger partial charge in [0.2, 0.25) is 5.16 Å². The number of aromatic nitrogens is 3. The van der Waals surface area contributed by atoms with Crippen molar-refractivity contribution in [3.8, 4) is 5.75 Å². The van der Waals surface area contributed by atoms with E-state index in [2.05, 4.69) is 15.2 Å². The molecule has 110 valence electrons. The van der Waals surface area contributed by atoms with Gasteiger partial charge < -0.3 is 9.84 Å². The van der Waals surface area contributed by atoms with Crippen molar-refractivity contribution >= 4 is 23.8 Å². The highest BCUT2D eigenvalue weighted by molar-refractivity contribution is 8.04. The van der Waals surface area contributed by atoms with Gasteiger partial charge in [0, 0.05) is 12.0 Å². The molecule has 1 heterocycles. The van der Waals surface area contributed by atoms with Gasteiger partial charge in [0.25, 0.3) is 0 Å². The lowest BCUT2D eigenvalue weighted by Gasteiger charge is -2.05. The number of hydrogen-bond donors (Lipinski definition) is 2. The standard InChI is InChI=1S/C14H15N3O3S/c1-3-12-15-14(17-16-12)21-11(13(18)19)8-9-6-4-5-7-10(9)20-2/h4-8H,3H2,1-2H3,(H,18,19)(H,15,16,17)/b11-8-. The molecule has 7 heteroatoms. The number of thioether (sulfide) groups is 1. The van der Waals surface area contributed by atoms with Crippen LogP contribution in [0.1, 0.15) is 18.3 Å². The van der Waals surface area contributed by atoms with Gasteiger partial charge in [0.1, 0.15) is 16.5 Å². The normalized spacial score (nSPS) is 11.4. The van der Waals surface area contributed by atoms with Crippen molar-refractivity contribution in [2.45, 2.75) is 18.5 Å². The first-order valence-corrected chi connectivity index (χ1v) is 7.12. The Kier molecular flexibility index (Phi) is 4.99. The number of aryl methyl sites for hydroxylation is 1. The fourth-order valence-electron chi connectivity index (χ4n) is 1.64. The van der Waals surface area contributed by atoms with Crippen LogP contribution in [0.15, 0.2) is 34.3 Å². The van der Waals surface area contributed by atoms with Gasteiger partial charge in [0.15, 0.2) is 0 Å². The van der Waals surface area contributed by atoms with Gasteiger partial charge in [0.05, 0.1) is 7.11 Å². The maximum absolute atomic E-state index is 11.4. The van der Waals surface area contributed by atoms with Crippen molar-refractivity contribution in [3.05, 3.63) is 40.6 Å². The molecule has 0 aliphatic heterocycles. The zero-order valence-corrected chi connectivity index (χ0v) is 12.5.